The normalized spacial score (nSPS) is 20.1. The zero-order valence-electron chi connectivity index (χ0n) is 23.9. The van der Waals surface area contributed by atoms with E-state index in [2.05, 4.69) is 33.0 Å². The average molecular weight is 595 g/mol. The number of hydrogen-bond donors (Lipinski definition) is 1. The molecule has 222 valence electrons. The highest BCUT2D eigenvalue weighted by Crippen LogP contribution is 2.59. The third-order valence-corrected chi connectivity index (χ3v) is 10.6. The summed E-state index contributed by atoms with van der Waals surface area (Å²) >= 11 is 0. The number of carbonyl (C=O) groups excluding carboxylic acids is 1. The van der Waals surface area contributed by atoms with Gasteiger partial charge < -0.3 is 28.5 Å². The number of likely N-dealkylation sites (tertiary alicyclic amines) is 1. The molecular weight excluding hydrogens is 560 g/mol. The molecule has 2 saturated heterocycles. The van der Waals surface area contributed by atoms with Crippen LogP contribution in [-0.2, 0) is 26.6 Å². The van der Waals surface area contributed by atoms with E-state index in [4.69, 9.17) is 18.7 Å². The van der Waals surface area contributed by atoms with Crippen LogP contribution in [0.15, 0.2) is 39.8 Å². The lowest BCUT2D eigenvalue weighted by atomic mass is 9.79. The van der Waals surface area contributed by atoms with E-state index in [0.29, 0.717) is 25.3 Å². The van der Waals surface area contributed by atoms with Crippen LogP contribution in [0.3, 0.4) is 0 Å². The molecule has 7 rings (SSSR count). The van der Waals surface area contributed by atoms with E-state index < -0.39 is 10.0 Å². The molecule has 1 N–H and O–H groups in total. The summed E-state index contributed by atoms with van der Waals surface area (Å²) in [6.07, 6.45) is 4.58. The van der Waals surface area contributed by atoms with Gasteiger partial charge in [0, 0.05) is 61.1 Å². The molecule has 12 heteroatoms. The topological polar surface area (TPSA) is 123 Å². The Labute approximate surface area is 244 Å². The van der Waals surface area contributed by atoms with Gasteiger partial charge in [-0.25, -0.2) is 8.42 Å². The Morgan fingerprint density at radius 2 is 1.81 bits per heavy atom. The van der Waals surface area contributed by atoms with Gasteiger partial charge in [-0.2, -0.15) is 0 Å². The molecule has 0 radical (unpaired) electrons. The predicted molar refractivity (Wildman–Crippen MR) is 155 cm³/mol. The van der Waals surface area contributed by atoms with Crippen LogP contribution < -0.4 is 19.1 Å². The molecule has 1 spiro atoms. The van der Waals surface area contributed by atoms with Crippen LogP contribution in [0.25, 0.3) is 11.3 Å². The fraction of sp³-hybridized carbons (Fsp3) is 0.467. The van der Waals surface area contributed by atoms with Gasteiger partial charge in [-0.05, 0) is 61.9 Å². The zero-order valence-corrected chi connectivity index (χ0v) is 24.8. The summed E-state index contributed by atoms with van der Waals surface area (Å²) in [5.41, 5.74) is 4.34. The van der Waals surface area contributed by atoms with E-state index in [1.807, 2.05) is 0 Å². The molecule has 2 aromatic carbocycles. The van der Waals surface area contributed by atoms with Crippen LogP contribution in [0.1, 0.15) is 47.2 Å². The quantitative estimate of drug-likeness (QED) is 0.415. The summed E-state index contributed by atoms with van der Waals surface area (Å²) in [7, 11) is 0.0824. The number of ether oxygens (including phenoxy) is 3. The Hall–Kier alpha value is -3.77. The van der Waals surface area contributed by atoms with E-state index in [9.17, 15) is 13.2 Å². The molecule has 42 heavy (non-hydrogen) atoms. The molecule has 1 atom stereocenters. The maximum absolute atomic E-state index is 13.9. The van der Waals surface area contributed by atoms with Crippen molar-refractivity contribution < 1.29 is 31.9 Å². The number of amides is 1. The van der Waals surface area contributed by atoms with Crippen LogP contribution in [0.4, 0.5) is 11.5 Å². The van der Waals surface area contributed by atoms with Gasteiger partial charge in [0.15, 0.2) is 16.5 Å². The Bertz CT molecular complexity index is 1650. The maximum atomic E-state index is 13.9. The number of aromatic nitrogens is 1. The monoisotopic (exact) mass is 594 g/mol. The number of nitrogens with zero attached hydrogens (tertiary/aromatic N) is 3. The van der Waals surface area contributed by atoms with Crippen LogP contribution in [0.2, 0.25) is 0 Å². The maximum Gasteiger partial charge on any atom is 0.270 e. The van der Waals surface area contributed by atoms with Crippen LogP contribution in [-0.4, -0.2) is 78.0 Å². The number of carbonyl (C=O) groups is 1. The SMILES string of the molecule is COc1cc(C(=O)N2CC[C@H](OC)C2)cc(OC)c1S(=O)(=O)Nc1noc2c1CC1(CC1)c1ccc(N3CCC3)cc1-2. The highest BCUT2D eigenvalue weighted by atomic mass is 32.2. The number of rotatable bonds is 8. The highest BCUT2D eigenvalue weighted by Gasteiger charge is 2.51. The molecule has 3 fully saturated rings. The lowest BCUT2D eigenvalue weighted by Crippen LogP contribution is -2.37. The van der Waals surface area contributed by atoms with Crippen molar-refractivity contribution in [1.29, 1.82) is 0 Å². The van der Waals surface area contributed by atoms with E-state index >= 15 is 0 Å². The Kier molecular flexibility index (Phi) is 6.39. The molecule has 1 amide bonds. The molecule has 1 saturated carbocycles. The minimum absolute atomic E-state index is 0.00625. The van der Waals surface area contributed by atoms with Crippen molar-refractivity contribution in [2.45, 2.75) is 48.5 Å². The minimum Gasteiger partial charge on any atom is -0.495 e. The fourth-order valence-electron chi connectivity index (χ4n) is 6.48. The summed E-state index contributed by atoms with van der Waals surface area (Å²) < 4.78 is 52.7. The molecule has 1 aromatic heterocycles. The van der Waals surface area contributed by atoms with E-state index in [1.165, 1.54) is 38.3 Å². The van der Waals surface area contributed by atoms with Crippen LogP contribution in [0, 0.1) is 0 Å². The van der Waals surface area contributed by atoms with Gasteiger partial charge >= 0.3 is 0 Å². The van der Waals surface area contributed by atoms with Crippen molar-refractivity contribution in [2.24, 2.45) is 0 Å². The first-order valence-electron chi connectivity index (χ1n) is 14.3. The van der Waals surface area contributed by atoms with Crippen molar-refractivity contribution >= 4 is 27.4 Å². The van der Waals surface area contributed by atoms with Gasteiger partial charge in [0.05, 0.1) is 20.3 Å². The van der Waals surface area contributed by atoms with Gasteiger partial charge in [-0.3, -0.25) is 9.52 Å². The standard InChI is InChI=1S/C30H34N4O7S/c1-38-20-7-12-34(17-20)29(35)18-13-24(39-2)27(25(14-18)40-3)42(36,37)32-28-22-16-30(8-9-30)23-6-5-19(33-10-4-11-33)15-21(23)26(22)41-31-28/h5-6,13-15,20H,4,7-12,16-17H2,1-3H3,(H,31,32)/t20-/m0/s1. The molecule has 11 nitrogen and oxygen atoms in total. The van der Waals surface area contributed by atoms with Gasteiger partial charge in [-0.15, -0.1) is 0 Å². The second-order valence-electron chi connectivity index (χ2n) is 11.6. The molecule has 0 bridgehead atoms. The third kappa shape index (κ3) is 4.30. The highest BCUT2D eigenvalue weighted by molar-refractivity contribution is 7.93. The van der Waals surface area contributed by atoms with E-state index in [0.717, 1.165) is 49.2 Å². The molecule has 2 aliphatic heterocycles. The second-order valence-corrected chi connectivity index (χ2v) is 13.2. The van der Waals surface area contributed by atoms with Gasteiger partial charge in [-0.1, -0.05) is 11.2 Å². The average Bonchev–Trinajstić information content (AvgIpc) is 3.37. The van der Waals surface area contributed by atoms with Crippen molar-refractivity contribution in [3.05, 3.63) is 47.0 Å². The van der Waals surface area contributed by atoms with Crippen LogP contribution in [0.5, 0.6) is 11.5 Å². The first-order chi connectivity index (χ1) is 20.3. The van der Waals surface area contributed by atoms with Crippen molar-refractivity contribution in [1.82, 2.24) is 10.1 Å². The molecular formula is C30H34N4O7S. The summed E-state index contributed by atoms with van der Waals surface area (Å²) in [4.78, 5) is 17.0. The van der Waals surface area contributed by atoms with Crippen molar-refractivity contribution in [2.75, 3.05) is 57.1 Å². The van der Waals surface area contributed by atoms with E-state index in [-0.39, 0.29) is 45.2 Å². The summed E-state index contributed by atoms with van der Waals surface area (Å²) in [6, 6.07) is 9.39. The fourth-order valence-corrected chi connectivity index (χ4v) is 7.81. The molecule has 2 aliphatic carbocycles. The first kappa shape index (κ1) is 27.1. The van der Waals surface area contributed by atoms with Gasteiger partial charge in [0.1, 0.15) is 11.5 Å². The third-order valence-electron chi connectivity index (χ3n) is 9.17. The number of benzene rings is 2. The summed E-state index contributed by atoms with van der Waals surface area (Å²) in [5, 5.41) is 4.20. The minimum atomic E-state index is -4.26. The molecule has 0 unspecified atom stereocenters. The molecule has 4 aliphatic rings. The lowest BCUT2D eigenvalue weighted by molar-refractivity contribution is 0.0723. The summed E-state index contributed by atoms with van der Waals surface area (Å²) in [6.45, 7) is 3.06. The van der Waals surface area contributed by atoms with E-state index in [1.54, 1.807) is 12.0 Å². The smallest absolute Gasteiger partial charge is 0.270 e. The lowest BCUT2D eigenvalue weighted by Gasteiger charge is -2.34. The molecule has 3 aromatic rings. The predicted octanol–water partition coefficient (Wildman–Crippen LogP) is 3.82. The number of nitrogens with one attached hydrogen (secondary N) is 1. The van der Waals surface area contributed by atoms with Crippen molar-refractivity contribution in [3.8, 4) is 22.8 Å². The Morgan fingerprint density at radius 1 is 1.07 bits per heavy atom. The number of methoxy groups -OCH3 is 3. The largest absolute Gasteiger partial charge is 0.495 e. The van der Waals surface area contributed by atoms with Gasteiger partial charge in [0.25, 0.3) is 15.9 Å². The number of fused-ring (bicyclic) bond motifs is 4. The Balaban J connectivity index is 1.22. The first-order valence-corrected chi connectivity index (χ1v) is 15.7. The number of anilines is 2. The number of sulfonamides is 1. The molecule has 3 heterocycles. The van der Waals surface area contributed by atoms with Crippen molar-refractivity contribution in [3.63, 3.8) is 0 Å². The van der Waals surface area contributed by atoms with Gasteiger partial charge in [0.2, 0.25) is 0 Å². The Morgan fingerprint density at radius 3 is 2.40 bits per heavy atom. The van der Waals surface area contributed by atoms with Crippen LogP contribution >= 0.6 is 0 Å². The number of hydrogen-bond acceptors (Lipinski definition) is 9. The second kappa shape index (κ2) is 9.91. The summed E-state index contributed by atoms with van der Waals surface area (Å²) in [5.74, 6) is 0.492. The zero-order chi connectivity index (χ0) is 29.2.